The number of likely N-dealkylation sites (N-methyl/N-ethyl adjacent to an activating group) is 1. The molecule has 19 heavy (non-hydrogen) atoms. The number of likely N-dealkylation sites (tertiary alicyclic amines) is 1. The molecule has 1 aromatic rings. The summed E-state index contributed by atoms with van der Waals surface area (Å²) in [6.45, 7) is 5.08. The number of halogens is 1. The minimum Gasteiger partial charge on any atom is -0.350 e. The molecule has 1 amide bonds. The lowest BCUT2D eigenvalue weighted by atomic mass is 10.2. The maximum absolute atomic E-state index is 12.2. The Kier molecular flexibility index (Phi) is 5.30. The van der Waals surface area contributed by atoms with Gasteiger partial charge in [0.2, 0.25) is 0 Å². The molecule has 0 aliphatic carbocycles. The minimum atomic E-state index is -0.0364. The summed E-state index contributed by atoms with van der Waals surface area (Å²) in [5.41, 5.74) is 0.647. The van der Waals surface area contributed by atoms with E-state index >= 15 is 0 Å². The normalized spacial score (nSPS) is 19.6. The highest BCUT2D eigenvalue weighted by molar-refractivity contribution is 9.10. The van der Waals surface area contributed by atoms with Gasteiger partial charge in [-0.3, -0.25) is 9.69 Å². The van der Waals surface area contributed by atoms with Crippen LogP contribution in [0.15, 0.2) is 27.6 Å². The number of nitrogens with one attached hydrogen (secondary N) is 1. The third-order valence-corrected chi connectivity index (χ3v) is 4.57. The smallest absolute Gasteiger partial charge is 0.252 e. The molecule has 104 valence electrons. The number of amides is 1. The fourth-order valence-electron chi connectivity index (χ4n) is 2.54. The molecule has 0 spiro atoms. The second-order valence-electron chi connectivity index (χ2n) is 4.80. The molecule has 1 aliphatic rings. The Hall–Kier alpha value is -0.520. The summed E-state index contributed by atoms with van der Waals surface area (Å²) < 4.78 is 0.807. The van der Waals surface area contributed by atoms with Crippen LogP contribution in [0.2, 0.25) is 0 Å². The summed E-state index contributed by atoms with van der Waals surface area (Å²) in [5.74, 6) is -0.0364. The zero-order valence-corrected chi connectivity index (χ0v) is 13.5. The monoisotopic (exact) mass is 342 g/mol. The van der Waals surface area contributed by atoms with Crippen LogP contribution in [0.4, 0.5) is 0 Å². The predicted octanol–water partition coefficient (Wildman–Crippen LogP) is 2.95. The number of thiol groups is 1. The van der Waals surface area contributed by atoms with Gasteiger partial charge in [-0.1, -0.05) is 6.92 Å². The van der Waals surface area contributed by atoms with Crippen LogP contribution < -0.4 is 5.32 Å². The average Bonchev–Trinajstić information content (AvgIpc) is 2.86. The molecule has 1 saturated heterocycles. The molecule has 1 N–H and O–H groups in total. The SMILES string of the molecule is CCN1CCCC1CNC(=O)c1cc(S)ccc1Br. The van der Waals surface area contributed by atoms with Crippen molar-refractivity contribution in [2.75, 3.05) is 19.6 Å². The Morgan fingerprint density at radius 2 is 2.37 bits per heavy atom. The zero-order chi connectivity index (χ0) is 13.8. The van der Waals surface area contributed by atoms with Gasteiger partial charge >= 0.3 is 0 Å². The Morgan fingerprint density at radius 3 is 3.11 bits per heavy atom. The number of rotatable bonds is 4. The molecule has 1 aromatic carbocycles. The van der Waals surface area contributed by atoms with E-state index in [1.807, 2.05) is 12.1 Å². The predicted molar refractivity (Wildman–Crippen MR) is 84.0 cm³/mol. The lowest BCUT2D eigenvalue weighted by molar-refractivity contribution is 0.0940. The summed E-state index contributed by atoms with van der Waals surface area (Å²) in [6.07, 6.45) is 2.39. The molecule has 0 aromatic heterocycles. The van der Waals surface area contributed by atoms with Gasteiger partial charge in [0, 0.05) is 22.0 Å². The van der Waals surface area contributed by atoms with Crippen molar-refractivity contribution in [1.29, 1.82) is 0 Å². The van der Waals surface area contributed by atoms with Crippen LogP contribution in [0.1, 0.15) is 30.1 Å². The van der Waals surface area contributed by atoms with E-state index < -0.39 is 0 Å². The Labute approximate surface area is 128 Å². The molecular formula is C14H19BrN2OS. The topological polar surface area (TPSA) is 32.3 Å². The van der Waals surface area contributed by atoms with Gasteiger partial charge in [0.25, 0.3) is 5.91 Å². The maximum Gasteiger partial charge on any atom is 0.252 e. The van der Waals surface area contributed by atoms with Crippen molar-refractivity contribution < 1.29 is 4.79 Å². The minimum absolute atomic E-state index is 0.0364. The fraction of sp³-hybridized carbons (Fsp3) is 0.500. The molecule has 0 bridgehead atoms. The number of carbonyl (C=O) groups excluding carboxylic acids is 1. The van der Waals surface area contributed by atoms with E-state index in [1.54, 1.807) is 6.07 Å². The van der Waals surface area contributed by atoms with E-state index in [9.17, 15) is 4.79 Å². The highest BCUT2D eigenvalue weighted by Gasteiger charge is 2.23. The Balaban J connectivity index is 1.96. The lowest BCUT2D eigenvalue weighted by Crippen LogP contribution is -2.40. The molecular weight excluding hydrogens is 324 g/mol. The Morgan fingerprint density at radius 1 is 1.58 bits per heavy atom. The number of benzene rings is 1. The zero-order valence-electron chi connectivity index (χ0n) is 11.0. The van der Waals surface area contributed by atoms with E-state index in [1.165, 1.54) is 12.8 Å². The van der Waals surface area contributed by atoms with E-state index in [4.69, 9.17) is 0 Å². The van der Waals surface area contributed by atoms with Gasteiger partial charge in [-0.05, 0) is 60.1 Å². The third kappa shape index (κ3) is 3.74. The summed E-state index contributed by atoms with van der Waals surface area (Å²) >= 11 is 7.68. The molecule has 1 aliphatic heterocycles. The first-order valence-corrected chi connectivity index (χ1v) is 7.86. The molecule has 0 radical (unpaired) electrons. The van der Waals surface area contributed by atoms with Gasteiger partial charge in [-0.15, -0.1) is 12.6 Å². The first-order chi connectivity index (χ1) is 9.11. The van der Waals surface area contributed by atoms with Crippen LogP contribution in [0.5, 0.6) is 0 Å². The van der Waals surface area contributed by atoms with Crippen molar-refractivity contribution in [1.82, 2.24) is 10.2 Å². The quantitative estimate of drug-likeness (QED) is 0.824. The van der Waals surface area contributed by atoms with Gasteiger partial charge < -0.3 is 5.32 Å². The highest BCUT2D eigenvalue weighted by atomic mass is 79.9. The standard InChI is InChI=1S/C14H19BrN2OS/c1-2-17-7-3-4-10(17)9-16-14(18)12-8-11(19)5-6-13(12)15/h5-6,8,10,19H,2-4,7,9H2,1H3,(H,16,18). The van der Waals surface area contributed by atoms with Gasteiger partial charge in [0.05, 0.1) is 5.56 Å². The van der Waals surface area contributed by atoms with E-state index in [0.29, 0.717) is 11.6 Å². The first kappa shape index (κ1) is 14.9. The molecule has 3 nitrogen and oxygen atoms in total. The first-order valence-electron chi connectivity index (χ1n) is 6.62. The van der Waals surface area contributed by atoms with Gasteiger partial charge in [0.15, 0.2) is 0 Å². The van der Waals surface area contributed by atoms with Crippen LogP contribution in [0, 0.1) is 0 Å². The molecule has 1 unspecified atom stereocenters. The molecule has 1 atom stereocenters. The van der Waals surface area contributed by atoms with E-state index in [0.717, 1.165) is 29.0 Å². The lowest BCUT2D eigenvalue weighted by Gasteiger charge is -2.23. The molecule has 1 fully saturated rings. The number of hydrogen-bond acceptors (Lipinski definition) is 3. The van der Waals surface area contributed by atoms with E-state index in [-0.39, 0.29) is 5.91 Å². The van der Waals surface area contributed by atoms with Crippen LogP contribution in [-0.4, -0.2) is 36.5 Å². The summed E-state index contributed by atoms with van der Waals surface area (Å²) in [5, 5.41) is 3.03. The summed E-state index contributed by atoms with van der Waals surface area (Å²) in [7, 11) is 0. The molecule has 1 heterocycles. The van der Waals surface area contributed by atoms with Gasteiger partial charge in [-0.2, -0.15) is 0 Å². The fourth-order valence-corrected chi connectivity index (χ4v) is 3.17. The van der Waals surface area contributed by atoms with Gasteiger partial charge in [-0.25, -0.2) is 0 Å². The Bertz CT molecular complexity index is 467. The van der Waals surface area contributed by atoms with Crippen LogP contribution in [0.3, 0.4) is 0 Å². The number of carbonyl (C=O) groups is 1. The summed E-state index contributed by atoms with van der Waals surface area (Å²) in [6, 6.07) is 5.98. The average molecular weight is 343 g/mol. The molecule has 5 heteroatoms. The summed E-state index contributed by atoms with van der Waals surface area (Å²) in [4.78, 5) is 15.4. The van der Waals surface area contributed by atoms with Crippen LogP contribution >= 0.6 is 28.6 Å². The van der Waals surface area contributed by atoms with E-state index in [2.05, 4.69) is 45.7 Å². The van der Waals surface area contributed by atoms with Crippen molar-refractivity contribution >= 4 is 34.5 Å². The maximum atomic E-state index is 12.2. The third-order valence-electron chi connectivity index (χ3n) is 3.60. The van der Waals surface area contributed by atoms with Crippen molar-refractivity contribution in [3.05, 3.63) is 28.2 Å². The number of nitrogens with zero attached hydrogens (tertiary/aromatic N) is 1. The molecule has 0 saturated carbocycles. The van der Waals surface area contributed by atoms with Crippen LogP contribution in [-0.2, 0) is 0 Å². The van der Waals surface area contributed by atoms with Crippen molar-refractivity contribution in [2.45, 2.75) is 30.7 Å². The van der Waals surface area contributed by atoms with Crippen molar-refractivity contribution in [2.24, 2.45) is 0 Å². The highest BCUT2D eigenvalue weighted by Crippen LogP contribution is 2.20. The second kappa shape index (κ2) is 6.77. The van der Waals surface area contributed by atoms with Crippen molar-refractivity contribution in [3.8, 4) is 0 Å². The molecule has 2 rings (SSSR count). The largest absolute Gasteiger partial charge is 0.350 e. The van der Waals surface area contributed by atoms with Crippen LogP contribution in [0.25, 0.3) is 0 Å². The second-order valence-corrected chi connectivity index (χ2v) is 6.17. The van der Waals surface area contributed by atoms with Gasteiger partial charge in [0.1, 0.15) is 0 Å². The number of hydrogen-bond donors (Lipinski definition) is 2. The van der Waals surface area contributed by atoms with Crippen molar-refractivity contribution in [3.63, 3.8) is 0 Å².